The molecule has 1 unspecified atom stereocenters. The molecule has 0 aliphatic carbocycles. The Balaban J connectivity index is 1.98. The zero-order valence-electron chi connectivity index (χ0n) is 16.0. The molecular weight excluding hydrogens is 416 g/mol. The number of rotatable bonds is 5. The molecule has 29 heavy (non-hydrogen) atoms. The topological polar surface area (TPSA) is 42.2 Å². The third-order valence-corrected chi connectivity index (χ3v) is 6.79. The van der Waals surface area contributed by atoms with Crippen molar-refractivity contribution in [3.8, 4) is 0 Å². The zero-order chi connectivity index (χ0) is 20.9. The summed E-state index contributed by atoms with van der Waals surface area (Å²) in [6, 6.07) is 7.54. The maximum Gasteiger partial charge on any atom is 0.304 e. The fourth-order valence-corrected chi connectivity index (χ4v) is 5.54. The summed E-state index contributed by atoms with van der Waals surface area (Å²) in [5.74, 6) is -1.77. The minimum Gasteiger partial charge on any atom is -0.481 e. The number of carboxylic acid groups (broad SMARTS) is 1. The van der Waals surface area contributed by atoms with Crippen molar-refractivity contribution in [3.63, 3.8) is 0 Å². The molecule has 1 aliphatic rings. The number of aryl methyl sites for hydroxylation is 1. The number of benzene rings is 2. The van der Waals surface area contributed by atoms with E-state index in [1.807, 2.05) is 18.4 Å². The fourth-order valence-electron chi connectivity index (χ4n) is 4.16. The highest BCUT2D eigenvalue weighted by molar-refractivity contribution is 7.99. The van der Waals surface area contributed by atoms with Gasteiger partial charge in [-0.1, -0.05) is 37.2 Å². The van der Waals surface area contributed by atoms with E-state index in [-0.39, 0.29) is 24.1 Å². The van der Waals surface area contributed by atoms with E-state index in [0.29, 0.717) is 22.9 Å². The van der Waals surface area contributed by atoms with Gasteiger partial charge in [0.1, 0.15) is 11.6 Å². The van der Waals surface area contributed by atoms with Gasteiger partial charge in [-0.25, -0.2) is 8.78 Å². The van der Waals surface area contributed by atoms with Crippen LogP contribution in [0.15, 0.2) is 40.1 Å². The summed E-state index contributed by atoms with van der Waals surface area (Å²) in [4.78, 5) is 12.6. The highest BCUT2D eigenvalue weighted by Gasteiger charge is 2.33. The minimum atomic E-state index is -0.877. The van der Waals surface area contributed by atoms with Crippen LogP contribution in [0.2, 0.25) is 5.02 Å². The van der Waals surface area contributed by atoms with Gasteiger partial charge in [0.15, 0.2) is 0 Å². The largest absolute Gasteiger partial charge is 0.481 e. The Morgan fingerprint density at radius 1 is 1.31 bits per heavy atom. The van der Waals surface area contributed by atoms with Crippen LogP contribution < -0.4 is 0 Å². The number of carbonyl (C=O) groups is 1. The molecule has 152 valence electrons. The van der Waals surface area contributed by atoms with E-state index in [2.05, 4.69) is 0 Å². The summed E-state index contributed by atoms with van der Waals surface area (Å²) >= 11 is 7.15. The van der Waals surface area contributed by atoms with Crippen LogP contribution in [0.3, 0.4) is 0 Å². The van der Waals surface area contributed by atoms with Gasteiger partial charge in [-0.15, -0.1) is 0 Å². The Morgan fingerprint density at radius 2 is 2.07 bits per heavy atom. The van der Waals surface area contributed by atoms with Crippen molar-refractivity contribution in [2.45, 2.75) is 54.9 Å². The van der Waals surface area contributed by atoms with Crippen molar-refractivity contribution in [2.24, 2.45) is 0 Å². The summed E-state index contributed by atoms with van der Waals surface area (Å²) in [6.45, 7) is 4.60. The van der Waals surface area contributed by atoms with Gasteiger partial charge < -0.3 is 9.67 Å². The number of hydrogen-bond donors (Lipinski definition) is 1. The smallest absolute Gasteiger partial charge is 0.304 e. The van der Waals surface area contributed by atoms with Gasteiger partial charge in [-0.2, -0.15) is 0 Å². The first-order chi connectivity index (χ1) is 13.8. The van der Waals surface area contributed by atoms with E-state index in [1.165, 1.54) is 30.0 Å². The van der Waals surface area contributed by atoms with Gasteiger partial charge in [-0.3, -0.25) is 4.79 Å². The minimum absolute atomic E-state index is 0.00746. The van der Waals surface area contributed by atoms with E-state index in [0.717, 1.165) is 27.1 Å². The third-order valence-electron chi connectivity index (χ3n) is 5.39. The van der Waals surface area contributed by atoms with Gasteiger partial charge in [0.25, 0.3) is 0 Å². The summed E-state index contributed by atoms with van der Waals surface area (Å²) < 4.78 is 31.0. The third kappa shape index (κ3) is 3.64. The quantitative estimate of drug-likeness (QED) is 0.478. The molecule has 0 radical (unpaired) electrons. The number of nitrogens with zero attached hydrogens (tertiary/aromatic N) is 1. The number of hydrogen-bond acceptors (Lipinski definition) is 2. The Kier molecular flexibility index (Phi) is 5.34. The van der Waals surface area contributed by atoms with Crippen LogP contribution in [0.5, 0.6) is 0 Å². The summed E-state index contributed by atoms with van der Waals surface area (Å²) in [7, 11) is 0. The number of fused-ring (bicyclic) bond motifs is 3. The van der Waals surface area contributed by atoms with Crippen LogP contribution in [0.25, 0.3) is 10.9 Å². The van der Waals surface area contributed by atoms with E-state index in [1.54, 1.807) is 12.1 Å². The molecular formula is C22H20ClF2NO2S. The maximum atomic E-state index is 14.6. The Morgan fingerprint density at radius 3 is 2.72 bits per heavy atom. The maximum absolute atomic E-state index is 14.6. The molecule has 4 rings (SSSR count). The van der Waals surface area contributed by atoms with Gasteiger partial charge in [-0.05, 0) is 48.2 Å². The fraction of sp³-hybridized carbons (Fsp3) is 0.318. The lowest BCUT2D eigenvalue weighted by Gasteiger charge is -2.14. The standard InChI is InChI=1S/C22H20ClF2NO2S/c1-11(2)15-9-14(24)10-17-20(15)22(29-18-4-3-13(23)8-16(18)25)21-12(7-19(27)28)5-6-26(17)21/h3-4,8-12H,5-7H2,1-2H3,(H,27,28). The van der Waals surface area contributed by atoms with Crippen molar-refractivity contribution in [1.29, 1.82) is 0 Å². The second-order valence-electron chi connectivity index (χ2n) is 7.67. The SMILES string of the molecule is CC(C)c1cc(F)cc2c1c(Sc1ccc(Cl)cc1F)c1n2CCC1CC(=O)O. The average Bonchev–Trinajstić information content (AvgIpc) is 3.16. The molecule has 3 nitrogen and oxygen atoms in total. The predicted octanol–water partition coefficient (Wildman–Crippen LogP) is 6.81. The first kappa shape index (κ1) is 20.2. The van der Waals surface area contributed by atoms with Crippen LogP contribution in [-0.4, -0.2) is 15.6 Å². The number of halogens is 3. The molecule has 0 saturated carbocycles. The predicted molar refractivity (Wildman–Crippen MR) is 111 cm³/mol. The van der Waals surface area contributed by atoms with Crippen molar-refractivity contribution in [1.82, 2.24) is 4.57 Å². The number of aliphatic carboxylic acids is 1. The zero-order valence-corrected chi connectivity index (χ0v) is 17.6. The van der Waals surface area contributed by atoms with Gasteiger partial charge in [0, 0.05) is 38.4 Å². The molecule has 1 aliphatic heterocycles. The average molecular weight is 436 g/mol. The second kappa shape index (κ2) is 7.65. The molecule has 1 aromatic heterocycles. The van der Waals surface area contributed by atoms with Crippen LogP contribution in [-0.2, 0) is 11.3 Å². The molecule has 1 atom stereocenters. The summed E-state index contributed by atoms with van der Waals surface area (Å²) in [6.07, 6.45) is 0.661. The summed E-state index contributed by atoms with van der Waals surface area (Å²) in [5.41, 5.74) is 2.44. The van der Waals surface area contributed by atoms with E-state index < -0.39 is 11.8 Å². The van der Waals surface area contributed by atoms with Crippen molar-refractivity contribution in [2.75, 3.05) is 0 Å². The highest BCUT2D eigenvalue weighted by Crippen LogP contribution is 2.49. The van der Waals surface area contributed by atoms with Crippen LogP contribution in [0.1, 0.15) is 49.8 Å². The Hall–Kier alpha value is -2.05. The second-order valence-corrected chi connectivity index (χ2v) is 9.16. The van der Waals surface area contributed by atoms with Crippen LogP contribution in [0, 0.1) is 11.6 Å². The first-order valence-electron chi connectivity index (χ1n) is 9.46. The molecule has 2 aromatic carbocycles. The summed E-state index contributed by atoms with van der Waals surface area (Å²) in [5, 5.41) is 10.6. The number of carboxylic acids is 1. The molecule has 2 heterocycles. The van der Waals surface area contributed by atoms with Gasteiger partial charge in [0.05, 0.1) is 11.9 Å². The molecule has 1 N–H and O–H groups in total. The molecule has 0 fully saturated rings. The van der Waals surface area contributed by atoms with E-state index in [9.17, 15) is 18.7 Å². The van der Waals surface area contributed by atoms with Crippen molar-refractivity contribution in [3.05, 3.63) is 58.2 Å². The molecule has 7 heteroatoms. The normalized spacial score (nSPS) is 16.0. The molecule has 0 saturated heterocycles. The van der Waals surface area contributed by atoms with Gasteiger partial charge >= 0.3 is 5.97 Å². The molecule has 3 aromatic rings. The lowest BCUT2D eigenvalue weighted by atomic mass is 9.96. The van der Waals surface area contributed by atoms with Crippen LogP contribution >= 0.6 is 23.4 Å². The van der Waals surface area contributed by atoms with Crippen LogP contribution in [0.4, 0.5) is 8.78 Å². The monoisotopic (exact) mass is 435 g/mol. The molecule has 0 bridgehead atoms. The molecule has 0 spiro atoms. The van der Waals surface area contributed by atoms with E-state index >= 15 is 0 Å². The van der Waals surface area contributed by atoms with Crippen molar-refractivity contribution < 1.29 is 18.7 Å². The lowest BCUT2D eigenvalue weighted by Crippen LogP contribution is -2.04. The first-order valence-corrected chi connectivity index (χ1v) is 10.7. The Bertz CT molecular complexity index is 1130. The van der Waals surface area contributed by atoms with E-state index in [4.69, 9.17) is 11.6 Å². The number of aromatic nitrogens is 1. The van der Waals surface area contributed by atoms with Crippen molar-refractivity contribution >= 4 is 40.2 Å². The molecule has 0 amide bonds. The van der Waals surface area contributed by atoms with Gasteiger partial charge in [0.2, 0.25) is 0 Å². The Labute approximate surface area is 176 Å². The lowest BCUT2D eigenvalue weighted by molar-refractivity contribution is -0.137. The highest BCUT2D eigenvalue weighted by atomic mass is 35.5.